The van der Waals surface area contributed by atoms with E-state index < -0.39 is 6.04 Å². The first-order valence-electron chi connectivity index (χ1n) is 7.02. The van der Waals surface area contributed by atoms with Crippen LogP contribution in [0.2, 0.25) is 0 Å². The van der Waals surface area contributed by atoms with Crippen LogP contribution in [-0.2, 0) is 0 Å². The summed E-state index contributed by atoms with van der Waals surface area (Å²) in [5.74, 6) is -0.428. The number of rotatable bonds is 4. The quantitative estimate of drug-likeness (QED) is 0.936. The number of azo groups is 1. The first-order chi connectivity index (χ1) is 11.2. The van der Waals surface area contributed by atoms with Crippen molar-refractivity contribution < 1.29 is 14.3 Å². The fourth-order valence-corrected chi connectivity index (χ4v) is 2.38. The van der Waals surface area contributed by atoms with Gasteiger partial charge in [0.05, 0.1) is 7.11 Å². The number of benzene rings is 1. The number of fused-ring (bicyclic) bond motifs is 1. The van der Waals surface area contributed by atoms with Crippen LogP contribution in [0.5, 0.6) is 5.88 Å². The molecule has 0 spiro atoms. The number of hydrogen-bond acceptors (Lipinski definition) is 5. The number of nitrogens with zero attached hydrogens (tertiary/aromatic N) is 3. The normalized spacial score (nSPS) is 15.9. The molecule has 0 fully saturated rings. The van der Waals surface area contributed by atoms with Gasteiger partial charge in [0.15, 0.2) is 0 Å². The third-order valence-corrected chi connectivity index (χ3v) is 3.50. The van der Waals surface area contributed by atoms with E-state index in [0.717, 1.165) is 5.56 Å². The van der Waals surface area contributed by atoms with E-state index in [4.69, 9.17) is 4.74 Å². The first-order valence-corrected chi connectivity index (χ1v) is 7.02. The maximum Gasteiger partial charge on any atom is 0.295 e. The van der Waals surface area contributed by atoms with Gasteiger partial charge in [-0.25, -0.2) is 4.98 Å². The molecule has 116 valence electrons. The summed E-state index contributed by atoms with van der Waals surface area (Å²) in [6.07, 6.45) is 1.55. The molecule has 1 aliphatic rings. The largest absolute Gasteiger partial charge is 0.480 e. The Hall–Kier alpha value is -3.09. The highest BCUT2D eigenvalue weighted by atomic mass is 16.5. The highest BCUT2D eigenvalue weighted by Crippen LogP contribution is 2.26. The minimum Gasteiger partial charge on any atom is -0.480 e. The van der Waals surface area contributed by atoms with Gasteiger partial charge in [-0.15, -0.1) is 5.11 Å². The summed E-state index contributed by atoms with van der Waals surface area (Å²) in [4.78, 5) is 28.0. The highest BCUT2D eigenvalue weighted by molar-refractivity contribution is 5.97. The van der Waals surface area contributed by atoms with Crippen molar-refractivity contribution in [2.45, 2.75) is 6.04 Å². The molecule has 0 radical (unpaired) electrons. The molecule has 1 atom stereocenters. The summed E-state index contributed by atoms with van der Waals surface area (Å²) in [5.41, 5.74) is 1.61. The lowest BCUT2D eigenvalue weighted by molar-refractivity contribution is 0.0947. The first kappa shape index (κ1) is 14.8. The number of methoxy groups -OCH3 is 1. The van der Waals surface area contributed by atoms with Gasteiger partial charge in [0.2, 0.25) is 5.88 Å². The third-order valence-electron chi connectivity index (χ3n) is 3.50. The molecule has 1 N–H and O–H groups in total. The molecule has 0 saturated carbocycles. The molecule has 1 aromatic heterocycles. The van der Waals surface area contributed by atoms with Crippen molar-refractivity contribution in [3.8, 4) is 5.88 Å². The molecule has 1 unspecified atom stereocenters. The standard InChI is InChI=1S/C16H14N4O3/c1-23-16-12(7-4-8-17-16)14(21)18-9-13-10-5-2-3-6-11(10)15(22)20-19-13/h2-8,13H,9H2,1H3,(H,18,21). The van der Waals surface area contributed by atoms with Gasteiger partial charge in [0.25, 0.3) is 11.8 Å². The van der Waals surface area contributed by atoms with Gasteiger partial charge in [-0.1, -0.05) is 18.2 Å². The van der Waals surface area contributed by atoms with Crippen LogP contribution >= 0.6 is 0 Å². The van der Waals surface area contributed by atoms with E-state index in [1.54, 1.807) is 30.5 Å². The zero-order valence-electron chi connectivity index (χ0n) is 12.4. The summed E-state index contributed by atoms with van der Waals surface area (Å²) >= 11 is 0. The number of amides is 2. The fraction of sp³-hybridized carbons (Fsp3) is 0.188. The van der Waals surface area contributed by atoms with Crippen molar-refractivity contribution in [2.75, 3.05) is 13.7 Å². The molecule has 2 heterocycles. The number of pyridine rings is 1. The minimum absolute atomic E-state index is 0.227. The summed E-state index contributed by atoms with van der Waals surface area (Å²) in [6, 6.07) is 10.0. The van der Waals surface area contributed by atoms with Gasteiger partial charge in [-0.05, 0) is 23.8 Å². The molecule has 2 amide bonds. The fourth-order valence-electron chi connectivity index (χ4n) is 2.38. The minimum atomic E-state index is -0.393. The Labute approximate surface area is 132 Å². The Balaban J connectivity index is 1.75. The van der Waals surface area contributed by atoms with E-state index in [1.807, 2.05) is 12.1 Å². The molecule has 7 heteroatoms. The number of carbonyl (C=O) groups excluding carboxylic acids is 2. The van der Waals surface area contributed by atoms with E-state index in [1.165, 1.54) is 7.11 Å². The van der Waals surface area contributed by atoms with Crippen molar-refractivity contribution in [2.24, 2.45) is 10.2 Å². The number of aromatic nitrogens is 1. The second-order valence-corrected chi connectivity index (χ2v) is 4.89. The van der Waals surface area contributed by atoms with E-state index in [0.29, 0.717) is 11.1 Å². The summed E-state index contributed by atoms with van der Waals surface area (Å²) < 4.78 is 5.07. The van der Waals surface area contributed by atoms with E-state index in [2.05, 4.69) is 20.5 Å². The lowest BCUT2D eigenvalue weighted by atomic mass is 9.99. The summed E-state index contributed by atoms with van der Waals surface area (Å²) in [5, 5.41) is 10.4. The van der Waals surface area contributed by atoms with Gasteiger partial charge in [-0.3, -0.25) is 9.59 Å². The second kappa shape index (κ2) is 6.35. The van der Waals surface area contributed by atoms with Crippen molar-refractivity contribution in [3.63, 3.8) is 0 Å². The highest BCUT2D eigenvalue weighted by Gasteiger charge is 2.24. The number of hydrogen-bond donors (Lipinski definition) is 1. The van der Waals surface area contributed by atoms with E-state index in [9.17, 15) is 9.59 Å². The van der Waals surface area contributed by atoms with Crippen molar-refractivity contribution in [3.05, 3.63) is 59.3 Å². The summed E-state index contributed by atoms with van der Waals surface area (Å²) in [7, 11) is 1.45. The van der Waals surface area contributed by atoms with E-state index in [-0.39, 0.29) is 24.2 Å². The van der Waals surface area contributed by atoms with Crippen LogP contribution in [0.1, 0.15) is 32.3 Å². The van der Waals surface area contributed by atoms with Crippen LogP contribution in [-0.4, -0.2) is 30.5 Å². The number of nitrogens with one attached hydrogen (secondary N) is 1. The predicted octanol–water partition coefficient (Wildman–Crippen LogP) is 2.17. The molecule has 1 aromatic carbocycles. The van der Waals surface area contributed by atoms with Gasteiger partial charge in [0, 0.05) is 18.3 Å². The third kappa shape index (κ3) is 2.94. The molecule has 3 rings (SSSR count). The molecule has 0 saturated heterocycles. The zero-order chi connectivity index (χ0) is 16.2. The molecular weight excluding hydrogens is 296 g/mol. The molecule has 2 aromatic rings. The topological polar surface area (TPSA) is 93.0 Å². The maximum absolute atomic E-state index is 12.3. The number of ether oxygens (including phenoxy) is 1. The van der Waals surface area contributed by atoms with Crippen molar-refractivity contribution in [1.29, 1.82) is 0 Å². The molecule has 1 aliphatic heterocycles. The van der Waals surface area contributed by atoms with Crippen LogP contribution < -0.4 is 10.1 Å². The molecule has 7 nitrogen and oxygen atoms in total. The smallest absolute Gasteiger partial charge is 0.295 e. The average molecular weight is 310 g/mol. The van der Waals surface area contributed by atoms with Crippen LogP contribution in [0.25, 0.3) is 0 Å². The van der Waals surface area contributed by atoms with Crippen molar-refractivity contribution in [1.82, 2.24) is 10.3 Å². The zero-order valence-corrected chi connectivity index (χ0v) is 12.4. The lowest BCUT2D eigenvalue weighted by Crippen LogP contribution is -2.29. The van der Waals surface area contributed by atoms with Gasteiger partial charge >= 0.3 is 0 Å². The SMILES string of the molecule is COc1ncccc1C(=O)NCC1N=NC(=O)c2ccccc21. The Bertz CT molecular complexity index is 788. The van der Waals surface area contributed by atoms with Crippen LogP contribution in [0, 0.1) is 0 Å². The Morgan fingerprint density at radius 1 is 1.26 bits per heavy atom. The van der Waals surface area contributed by atoms with Crippen LogP contribution in [0.15, 0.2) is 52.8 Å². The molecule has 0 aliphatic carbocycles. The monoisotopic (exact) mass is 310 g/mol. The average Bonchev–Trinajstić information content (AvgIpc) is 2.61. The molecule has 0 bridgehead atoms. The van der Waals surface area contributed by atoms with Crippen molar-refractivity contribution >= 4 is 11.8 Å². The van der Waals surface area contributed by atoms with Crippen LogP contribution in [0.4, 0.5) is 0 Å². The Kier molecular flexibility index (Phi) is 4.09. The molecular formula is C16H14N4O3. The predicted molar refractivity (Wildman–Crippen MR) is 81.5 cm³/mol. The molecule has 23 heavy (non-hydrogen) atoms. The number of carbonyl (C=O) groups is 2. The van der Waals surface area contributed by atoms with Gasteiger partial charge in [0.1, 0.15) is 11.6 Å². The van der Waals surface area contributed by atoms with Crippen LogP contribution in [0.3, 0.4) is 0 Å². The van der Waals surface area contributed by atoms with Gasteiger partial charge < -0.3 is 10.1 Å². The maximum atomic E-state index is 12.3. The van der Waals surface area contributed by atoms with E-state index >= 15 is 0 Å². The Morgan fingerprint density at radius 3 is 2.91 bits per heavy atom. The Morgan fingerprint density at radius 2 is 2.09 bits per heavy atom. The summed E-state index contributed by atoms with van der Waals surface area (Å²) in [6.45, 7) is 0.227. The second-order valence-electron chi connectivity index (χ2n) is 4.89. The lowest BCUT2D eigenvalue weighted by Gasteiger charge is -2.18. The van der Waals surface area contributed by atoms with Gasteiger partial charge in [-0.2, -0.15) is 5.11 Å².